The minimum atomic E-state index is 0.134. The van der Waals surface area contributed by atoms with Gasteiger partial charge in [0.05, 0.1) is 7.11 Å². The van der Waals surface area contributed by atoms with Crippen LogP contribution in [-0.2, 0) is 4.79 Å². The van der Waals surface area contributed by atoms with Crippen LogP contribution >= 0.6 is 0 Å². The van der Waals surface area contributed by atoms with E-state index in [9.17, 15) is 4.79 Å². The van der Waals surface area contributed by atoms with E-state index in [1.54, 1.807) is 13.2 Å². The summed E-state index contributed by atoms with van der Waals surface area (Å²) in [5.74, 6) is 0.946. The molecule has 1 atom stereocenters. The molecule has 4 heteroatoms. The van der Waals surface area contributed by atoms with Crippen LogP contribution in [0.15, 0.2) is 30.3 Å². The van der Waals surface area contributed by atoms with Gasteiger partial charge in [-0.1, -0.05) is 12.1 Å². The van der Waals surface area contributed by atoms with Gasteiger partial charge in [-0.3, -0.25) is 4.79 Å². The van der Waals surface area contributed by atoms with Crippen LogP contribution < -0.4 is 4.74 Å². The normalized spacial score (nSPS) is 22.1. The molecule has 23 heavy (non-hydrogen) atoms. The van der Waals surface area contributed by atoms with Crippen molar-refractivity contribution in [2.75, 3.05) is 33.3 Å². The molecule has 2 fully saturated rings. The fourth-order valence-corrected chi connectivity index (χ4v) is 3.59. The second-order valence-corrected chi connectivity index (χ2v) is 6.45. The lowest BCUT2D eigenvalue weighted by molar-refractivity contribution is -0.127. The van der Waals surface area contributed by atoms with Crippen molar-refractivity contribution in [1.82, 2.24) is 9.80 Å². The number of carbonyl (C=O) groups is 1. The molecule has 0 aliphatic carbocycles. The molecule has 3 rings (SSSR count). The number of hydrogen-bond acceptors (Lipinski definition) is 3. The highest BCUT2D eigenvalue weighted by Crippen LogP contribution is 2.21. The van der Waals surface area contributed by atoms with Crippen molar-refractivity contribution >= 4 is 12.0 Å². The first-order valence-electron chi connectivity index (χ1n) is 8.61. The number of carbonyl (C=O) groups excluding carboxylic acids is 1. The number of benzene rings is 1. The average Bonchev–Trinajstić information content (AvgIpc) is 3.25. The molecule has 4 nitrogen and oxygen atoms in total. The molecule has 2 saturated heterocycles. The number of amides is 1. The molecule has 2 aliphatic heterocycles. The molecule has 124 valence electrons. The van der Waals surface area contributed by atoms with Gasteiger partial charge < -0.3 is 14.5 Å². The van der Waals surface area contributed by atoms with Gasteiger partial charge in [0.15, 0.2) is 0 Å². The fraction of sp³-hybridized carbons (Fsp3) is 0.526. The zero-order chi connectivity index (χ0) is 16.1. The van der Waals surface area contributed by atoms with Crippen LogP contribution in [0.3, 0.4) is 0 Å². The Balaban J connectivity index is 1.60. The monoisotopic (exact) mass is 314 g/mol. The van der Waals surface area contributed by atoms with Crippen molar-refractivity contribution in [3.05, 3.63) is 35.9 Å². The summed E-state index contributed by atoms with van der Waals surface area (Å²) in [4.78, 5) is 17.1. The highest BCUT2D eigenvalue weighted by molar-refractivity contribution is 5.92. The van der Waals surface area contributed by atoms with Crippen molar-refractivity contribution in [3.63, 3.8) is 0 Å². The van der Waals surface area contributed by atoms with E-state index < -0.39 is 0 Å². The van der Waals surface area contributed by atoms with Gasteiger partial charge in [-0.2, -0.15) is 0 Å². The molecule has 1 amide bonds. The second-order valence-electron chi connectivity index (χ2n) is 6.45. The van der Waals surface area contributed by atoms with Gasteiger partial charge in [0.2, 0.25) is 5.91 Å². The van der Waals surface area contributed by atoms with E-state index in [4.69, 9.17) is 4.74 Å². The zero-order valence-electron chi connectivity index (χ0n) is 13.9. The molecule has 2 heterocycles. The number of methoxy groups -OCH3 is 1. The number of likely N-dealkylation sites (tertiary alicyclic amines) is 2. The minimum absolute atomic E-state index is 0.134. The van der Waals surface area contributed by atoms with Gasteiger partial charge in [0.25, 0.3) is 0 Å². The molecule has 0 spiro atoms. The Kier molecular flexibility index (Phi) is 5.34. The van der Waals surface area contributed by atoms with Crippen molar-refractivity contribution < 1.29 is 9.53 Å². The summed E-state index contributed by atoms with van der Waals surface area (Å²) >= 11 is 0. The quantitative estimate of drug-likeness (QED) is 0.784. The molecule has 0 aromatic heterocycles. The zero-order valence-corrected chi connectivity index (χ0v) is 13.9. The Morgan fingerprint density at radius 3 is 2.87 bits per heavy atom. The summed E-state index contributed by atoms with van der Waals surface area (Å²) in [5, 5.41) is 0. The third-order valence-corrected chi connectivity index (χ3v) is 4.84. The largest absolute Gasteiger partial charge is 0.497 e. The van der Waals surface area contributed by atoms with E-state index in [2.05, 4.69) is 9.80 Å². The molecule has 0 unspecified atom stereocenters. The van der Waals surface area contributed by atoms with Crippen LogP contribution in [0.5, 0.6) is 5.75 Å². The van der Waals surface area contributed by atoms with Gasteiger partial charge in [-0.05, 0) is 62.5 Å². The highest BCUT2D eigenvalue weighted by atomic mass is 16.5. The maximum atomic E-state index is 12.5. The Labute approximate surface area is 138 Å². The van der Waals surface area contributed by atoms with E-state index in [1.807, 2.05) is 30.3 Å². The molecule has 1 aromatic rings. The summed E-state index contributed by atoms with van der Waals surface area (Å²) in [6.45, 7) is 4.31. The SMILES string of the molecule is COc1cccc(C=CC(=O)N2CCC[C@H]2CN2CCCC2)c1. The molecule has 0 saturated carbocycles. The lowest BCUT2D eigenvalue weighted by atomic mass is 10.2. The van der Waals surface area contributed by atoms with Crippen molar-refractivity contribution in [2.24, 2.45) is 0 Å². The number of nitrogens with zero attached hydrogens (tertiary/aromatic N) is 2. The van der Waals surface area contributed by atoms with Crippen LogP contribution in [0.2, 0.25) is 0 Å². The smallest absolute Gasteiger partial charge is 0.246 e. The first-order chi connectivity index (χ1) is 11.3. The second kappa shape index (κ2) is 7.64. The topological polar surface area (TPSA) is 32.8 Å². The van der Waals surface area contributed by atoms with E-state index >= 15 is 0 Å². The molecule has 0 radical (unpaired) electrons. The maximum absolute atomic E-state index is 12.5. The summed E-state index contributed by atoms with van der Waals surface area (Å²) in [6.07, 6.45) is 8.45. The van der Waals surface area contributed by atoms with E-state index in [-0.39, 0.29) is 5.91 Å². The molecule has 0 bridgehead atoms. The molecule has 0 N–H and O–H groups in total. The number of rotatable bonds is 5. The van der Waals surface area contributed by atoms with Crippen LogP contribution in [-0.4, -0.2) is 55.0 Å². The van der Waals surface area contributed by atoms with E-state index in [0.717, 1.165) is 37.2 Å². The van der Waals surface area contributed by atoms with Gasteiger partial charge in [-0.25, -0.2) is 0 Å². The lowest BCUT2D eigenvalue weighted by Crippen LogP contribution is -2.41. The van der Waals surface area contributed by atoms with Crippen LogP contribution in [0.25, 0.3) is 6.08 Å². The first-order valence-corrected chi connectivity index (χ1v) is 8.61. The van der Waals surface area contributed by atoms with Crippen LogP contribution in [0.1, 0.15) is 31.2 Å². The van der Waals surface area contributed by atoms with E-state index in [1.165, 1.54) is 25.9 Å². The fourth-order valence-electron chi connectivity index (χ4n) is 3.59. The Bertz CT molecular complexity index is 564. The van der Waals surface area contributed by atoms with E-state index in [0.29, 0.717) is 6.04 Å². The van der Waals surface area contributed by atoms with Gasteiger partial charge in [-0.15, -0.1) is 0 Å². The van der Waals surface area contributed by atoms with Crippen molar-refractivity contribution in [2.45, 2.75) is 31.7 Å². The van der Waals surface area contributed by atoms with Gasteiger partial charge in [0.1, 0.15) is 5.75 Å². The Hall–Kier alpha value is -1.81. The lowest BCUT2D eigenvalue weighted by Gasteiger charge is -2.27. The summed E-state index contributed by atoms with van der Waals surface area (Å²) < 4.78 is 5.22. The van der Waals surface area contributed by atoms with Crippen LogP contribution in [0, 0.1) is 0 Å². The van der Waals surface area contributed by atoms with Crippen molar-refractivity contribution in [1.29, 1.82) is 0 Å². The summed E-state index contributed by atoms with van der Waals surface area (Å²) in [6, 6.07) is 8.16. The highest BCUT2D eigenvalue weighted by Gasteiger charge is 2.29. The Morgan fingerprint density at radius 2 is 2.09 bits per heavy atom. The summed E-state index contributed by atoms with van der Waals surface area (Å²) in [7, 11) is 1.65. The predicted molar refractivity (Wildman–Crippen MR) is 92.4 cm³/mol. The Morgan fingerprint density at radius 1 is 1.26 bits per heavy atom. The first kappa shape index (κ1) is 16.1. The van der Waals surface area contributed by atoms with Gasteiger partial charge >= 0.3 is 0 Å². The standard InChI is InChI=1S/C19H26N2O2/c1-23-18-8-4-6-16(14-18)9-10-19(22)21-13-5-7-17(21)15-20-11-2-3-12-20/h4,6,8-10,14,17H,2-3,5,7,11-13,15H2,1H3/t17-/m0/s1. The third kappa shape index (κ3) is 4.14. The van der Waals surface area contributed by atoms with Gasteiger partial charge in [0, 0.05) is 25.2 Å². The minimum Gasteiger partial charge on any atom is -0.497 e. The molecular formula is C19H26N2O2. The number of ether oxygens (including phenoxy) is 1. The summed E-state index contributed by atoms with van der Waals surface area (Å²) in [5.41, 5.74) is 0.994. The maximum Gasteiger partial charge on any atom is 0.246 e. The molecule has 1 aromatic carbocycles. The predicted octanol–water partition coefficient (Wildman–Crippen LogP) is 2.80. The average molecular weight is 314 g/mol. The number of hydrogen-bond donors (Lipinski definition) is 0. The van der Waals surface area contributed by atoms with Crippen molar-refractivity contribution in [3.8, 4) is 5.75 Å². The third-order valence-electron chi connectivity index (χ3n) is 4.84. The molecule has 2 aliphatic rings. The van der Waals surface area contributed by atoms with Crippen LogP contribution in [0.4, 0.5) is 0 Å². The molecular weight excluding hydrogens is 288 g/mol.